The molecule has 0 radical (unpaired) electrons. The van der Waals surface area contributed by atoms with Gasteiger partial charge in [-0.2, -0.15) is 0 Å². The Morgan fingerprint density at radius 2 is 1.77 bits per heavy atom. The number of pyridine rings is 1. The molecule has 0 N–H and O–H groups in total. The Morgan fingerprint density at radius 1 is 0.971 bits per heavy atom. The first-order valence-corrected chi connectivity index (χ1v) is 12.3. The van der Waals surface area contributed by atoms with E-state index in [1.54, 1.807) is 25.3 Å². The molecule has 188 valence electrons. The average Bonchev–Trinajstić information content (AvgIpc) is 2.88. The fraction of sp³-hybridized carbons (Fsp3) is 0.414. The van der Waals surface area contributed by atoms with Gasteiger partial charge in [-0.05, 0) is 74.9 Å². The summed E-state index contributed by atoms with van der Waals surface area (Å²) in [6.45, 7) is 5.38. The van der Waals surface area contributed by atoms with Crippen molar-refractivity contribution in [2.24, 2.45) is 5.92 Å². The van der Waals surface area contributed by atoms with Crippen molar-refractivity contribution in [2.45, 2.75) is 25.8 Å². The number of likely N-dealkylation sites (N-methyl/N-ethyl adjacent to an activating group) is 1. The predicted molar refractivity (Wildman–Crippen MR) is 139 cm³/mol. The van der Waals surface area contributed by atoms with Crippen molar-refractivity contribution in [3.63, 3.8) is 0 Å². The zero-order valence-electron chi connectivity index (χ0n) is 21.4. The van der Waals surface area contributed by atoms with Crippen molar-refractivity contribution in [3.05, 3.63) is 90.0 Å². The van der Waals surface area contributed by atoms with Gasteiger partial charge in [0.05, 0.1) is 18.8 Å². The van der Waals surface area contributed by atoms with Crippen LogP contribution in [0.3, 0.4) is 0 Å². The van der Waals surface area contributed by atoms with Gasteiger partial charge in [0, 0.05) is 19.3 Å². The number of aromatic nitrogens is 1. The fourth-order valence-corrected chi connectivity index (χ4v) is 4.33. The van der Waals surface area contributed by atoms with E-state index in [-0.39, 0.29) is 11.9 Å². The SMILES string of the molecule is CCC(CCN(C)CCOc1ccccc1F)CN(C)C(c1cccc(OC)c1)c1ccccn1. The Balaban J connectivity index is 1.57. The molecule has 0 aliphatic rings. The monoisotopic (exact) mass is 479 g/mol. The van der Waals surface area contributed by atoms with Gasteiger partial charge in [0.1, 0.15) is 12.4 Å². The molecule has 2 atom stereocenters. The molecule has 0 fully saturated rings. The number of ether oxygens (including phenoxy) is 2. The van der Waals surface area contributed by atoms with Crippen LogP contribution in [0.5, 0.6) is 11.5 Å². The van der Waals surface area contributed by atoms with Gasteiger partial charge in [0.15, 0.2) is 11.6 Å². The molecule has 0 aliphatic carbocycles. The summed E-state index contributed by atoms with van der Waals surface area (Å²) in [5.74, 6) is 1.38. The lowest BCUT2D eigenvalue weighted by Crippen LogP contribution is -2.33. The molecule has 6 heteroatoms. The van der Waals surface area contributed by atoms with Gasteiger partial charge in [0.25, 0.3) is 0 Å². The summed E-state index contributed by atoms with van der Waals surface area (Å²) in [5.41, 5.74) is 2.20. The Bertz CT molecular complexity index is 1020. The van der Waals surface area contributed by atoms with Crippen molar-refractivity contribution in [1.29, 1.82) is 0 Å². The topological polar surface area (TPSA) is 37.8 Å². The van der Waals surface area contributed by atoms with Crippen molar-refractivity contribution < 1.29 is 13.9 Å². The Morgan fingerprint density at radius 3 is 2.49 bits per heavy atom. The van der Waals surface area contributed by atoms with E-state index in [1.165, 1.54) is 11.6 Å². The van der Waals surface area contributed by atoms with Gasteiger partial charge in [-0.25, -0.2) is 4.39 Å². The largest absolute Gasteiger partial charge is 0.497 e. The molecule has 0 spiro atoms. The molecule has 0 aliphatic heterocycles. The third-order valence-electron chi connectivity index (χ3n) is 6.43. The van der Waals surface area contributed by atoms with Crippen LogP contribution in [0, 0.1) is 11.7 Å². The first-order chi connectivity index (χ1) is 17.0. The Kier molecular flexibility index (Phi) is 10.5. The van der Waals surface area contributed by atoms with E-state index in [9.17, 15) is 4.39 Å². The van der Waals surface area contributed by atoms with Gasteiger partial charge in [-0.3, -0.25) is 9.88 Å². The number of benzene rings is 2. The molecule has 0 bridgehead atoms. The lowest BCUT2D eigenvalue weighted by molar-refractivity contribution is 0.191. The summed E-state index contributed by atoms with van der Waals surface area (Å²) in [5, 5.41) is 0. The third-order valence-corrected chi connectivity index (χ3v) is 6.43. The molecule has 3 aromatic rings. The molecule has 2 unspecified atom stereocenters. The second-order valence-electron chi connectivity index (χ2n) is 9.02. The van der Waals surface area contributed by atoms with Crippen molar-refractivity contribution >= 4 is 0 Å². The first-order valence-electron chi connectivity index (χ1n) is 12.3. The maximum absolute atomic E-state index is 13.7. The maximum atomic E-state index is 13.7. The number of halogens is 1. The van der Waals surface area contributed by atoms with E-state index in [4.69, 9.17) is 9.47 Å². The van der Waals surface area contributed by atoms with Crippen LogP contribution in [0.25, 0.3) is 0 Å². The number of hydrogen-bond acceptors (Lipinski definition) is 5. The number of para-hydroxylation sites is 1. The summed E-state index contributed by atoms with van der Waals surface area (Å²) in [4.78, 5) is 9.32. The third kappa shape index (κ3) is 8.05. The minimum Gasteiger partial charge on any atom is -0.497 e. The molecule has 0 amide bonds. The van der Waals surface area contributed by atoms with Crippen LogP contribution in [-0.2, 0) is 0 Å². The predicted octanol–water partition coefficient (Wildman–Crippen LogP) is 5.68. The van der Waals surface area contributed by atoms with Gasteiger partial charge < -0.3 is 14.4 Å². The molecule has 1 heterocycles. The van der Waals surface area contributed by atoms with Gasteiger partial charge in [-0.15, -0.1) is 0 Å². The second kappa shape index (κ2) is 13.8. The number of nitrogens with zero attached hydrogens (tertiary/aromatic N) is 3. The van der Waals surface area contributed by atoms with Gasteiger partial charge in [-0.1, -0.05) is 43.7 Å². The van der Waals surface area contributed by atoms with Gasteiger partial charge in [0.2, 0.25) is 0 Å². The molecule has 0 saturated carbocycles. The van der Waals surface area contributed by atoms with Crippen LogP contribution >= 0.6 is 0 Å². The van der Waals surface area contributed by atoms with E-state index in [0.717, 1.165) is 43.9 Å². The quantitative estimate of drug-likeness (QED) is 0.298. The van der Waals surface area contributed by atoms with E-state index < -0.39 is 0 Å². The summed E-state index contributed by atoms with van der Waals surface area (Å²) >= 11 is 0. The molecule has 1 aromatic heterocycles. The molecule has 35 heavy (non-hydrogen) atoms. The highest BCUT2D eigenvalue weighted by Crippen LogP contribution is 2.30. The van der Waals surface area contributed by atoms with Crippen LogP contribution in [0.15, 0.2) is 72.9 Å². The fourth-order valence-electron chi connectivity index (χ4n) is 4.33. The van der Waals surface area contributed by atoms with E-state index in [0.29, 0.717) is 18.3 Å². The molecular formula is C29H38FN3O2. The maximum Gasteiger partial charge on any atom is 0.165 e. The van der Waals surface area contributed by atoms with Crippen LogP contribution in [0.4, 0.5) is 4.39 Å². The summed E-state index contributed by atoms with van der Waals surface area (Å²) in [7, 11) is 5.96. The molecule has 0 saturated heterocycles. The minimum atomic E-state index is -0.317. The van der Waals surface area contributed by atoms with Crippen LogP contribution < -0.4 is 9.47 Å². The highest BCUT2D eigenvalue weighted by atomic mass is 19.1. The highest BCUT2D eigenvalue weighted by Gasteiger charge is 2.23. The summed E-state index contributed by atoms with van der Waals surface area (Å²) in [6, 6.07) is 20.9. The normalized spacial score (nSPS) is 13.1. The van der Waals surface area contributed by atoms with Gasteiger partial charge >= 0.3 is 0 Å². The smallest absolute Gasteiger partial charge is 0.165 e. The number of methoxy groups -OCH3 is 1. The Hall–Kier alpha value is -2.96. The Labute approximate surface area is 209 Å². The summed E-state index contributed by atoms with van der Waals surface area (Å²) in [6.07, 6.45) is 4.02. The van der Waals surface area contributed by atoms with Crippen LogP contribution in [0.1, 0.15) is 37.1 Å². The molecule has 3 rings (SSSR count). The number of hydrogen-bond donors (Lipinski definition) is 0. The first kappa shape index (κ1) is 26.6. The van der Waals surface area contributed by atoms with E-state index >= 15 is 0 Å². The van der Waals surface area contributed by atoms with E-state index in [1.807, 2.05) is 30.5 Å². The molecule has 5 nitrogen and oxygen atoms in total. The zero-order valence-corrected chi connectivity index (χ0v) is 21.4. The zero-order chi connectivity index (χ0) is 25.0. The minimum absolute atomic E-state index is 0.0484. The lowest BCUT2D eigenvalue weighted by Gasteiger charge is -2.32. The standard InChI is InChI=1S/C29H38FN3O2/c1-5-23(16-18-32(2)19-20-35-28-15-7-6-13-26(28)30)22-33(3)29(27-14-8-9-17-31-27)24-11-10-12-25(21-24)34-4/h6-15,17,21,23,29H,5,16,18-20,22H2,1-4H3. The number of rotatable bonds is 14. The van der Waals surface area contributed by atoms with Crippen LogP contribution in [-0.4, -0.2) is 62.2 Å². The van der Waals surface area contributed by atoms with Crippen molar-refractivity contribution in [2.75, 3.05) is 47.4 Å². The van der Waals surface area contributed by atoms with Crippen molar-refractivity contribution in [3.8, 4) is 11.5 Å². The van der Waals surface area contributed by atoms with E-state index in [2.05, 4.69) is 54.0 Å². The second-order valence-corrected chi connectivity index (χ2v) is 9.02. The van der Waals surface area contributed by atoms with Crippen molar-refractivity contribution in [1.82, 2.24) is 14.8 Å². The average molecular weight is 480 g/mol. The summed E-state index contributed by atoms with van der Waals surface area (Å²) < 4.78 is 24.8. The molecule has 2 aromatic carbocycles. The lowest BCUT2D eigenvalue weighted by atomic mass is 9.97. The highest BCUT2D eigenvalue weighted by molar-refractivity contribution is 5.34. The molecular weight excluding hydrogens is 441 g/mol. The van der Waals surface area contributed by atoms with Crippen LogP contribution in [0.2, 0.25) is 0 Å².